The molecule has 1 aromatic heterocycles. The maximum atomic E-state index is 15.2. The van der Waals surface area contributed by atoms with Crippen LogP contribution in [0.5, 0.6) is 23.0 Å². The van der Waals surface area contributed by atoms with E-state index in [1.165, 1.54) is 25.3 Å². The van der Waals surface area contributed by atoms with Gasteiger partial charge in [0, 0.05) is 11.5 Å². The van der Waals surface area contributed by atoms with Crippen LogP contribution in [-0.2, 0) is 7.05 Å². The molecule has 1 aliphatic rings. The van der Waals surface area contributed by atoms with Crippen molar-refractivity contribution in [2.24, 2.45) is 7.05 Å². The van der Waals surface area contributed by atoms with E-state index in [0.717, 1.165) is 10.8 Å². The monoisotopic (exact) mass is 416 g/mol. The van der Waals surface area contributed by atoms with Crippen molar-refractivity contribution in [1.29, 1.82) is 0 Å². The fourth-order valence-corrected chi connectivity index (χ4v) is 4.03. The van der Waals surface area contributed by atoms with Gasteiger partial charge < -0.3 is 14.2 Å². The number of ether oxygens (including phenoxy) is 3. The van der Waals surface area contributed by atoms with Crippen LogP contribution >= 0.6 is 0 Å². The first-order valence-electron chi connectivity index (χ1n) is 8.97. The molecule has 4 nitrogen and oxygen atoms in total. The molecule has 0 saturated carbocycles. The van der Waals surface area contributed by atoms with E-state index in [0.29, 0.717) is 27.9 Å². The Balaban J connectivity index is 1.86. The van der Waals surface area contributed by atoms with Gasteiger partial charge in [0.25, 0.3) is 5.52 Å². The van der Waals surface area contributed by atoms with Gasteiger partial charge in [-0.25, -0.2) is 0 Å². The summed E-state index contributed by atoms with van der Waals surface area (Å²) in [5.41, 5.74) is 1.47. The molecule has 0 spiro atoms. The number of rotatable bonds is 2. The second-order valence-electron chi connectivity index (χ2n) is 6.87. The quantitative estimate of drug-likeness (QED) is 0.212. The van der Waals surface area contributed by atoms with Crippen molar-refractivity contribution in [1.82, 2.24) is 0 Å². The molecule has 8 heteroatoms. The normalized spacial score (nSPS) is 12.6. The number of aryl methyl sites for hydroxylation is 1. The Kier molecular flexibility index (Phi) is 3.83. The van der Waals surface area contributed by atoms with Gasteiger partial charge in [-0.05, 0) is 30.3 Å². The van der Waals surface area contributed by atoms with Crippen molar-refractivity contribution in [3.8, 4) is 34.3 Å². The average molecular weight is 416 g/mol. The van der Waals surface area contributed by atoms with E-state index in [4.69, 9.17) is 9.47 Å². The summed E-state index contributed by atoms with van der Waals surface area (Å²) in [4.78, 5) is 0. The van der Waals surface area contributed by atoms with E-state index in [9.17, 15) is 13.2 Å². The third-order valence-corrected chi connectivity index (χ3v) is 5.19. The van der Waals surface area contributed by atoms with Crippen LogP contribution in [-0.4, -0.2) is 13.5 Å². The molecule has 0 atom stereocenters. The highest BCUT2D eigenvalue weighted by Gasteiger charge is 2.34. The zero-order valence-corrected chi connectivity index (χ0v) is 15.8. The van der Waals surface area contributed by atoms with E-state index in [2.05, 4.69) is 4.74 Å². The summed E-state index contributed by atoms with van der Waals surface area (Å²) in [5, 5.41) is 2.17. The first-order chi connectivity index (χ1) is 14.3. The molecule has 1 aliphatic heterocycles. The van der Waals surface area contributed by atoms with Gasteiger partial charge in [0.05, 0.1) is 23.4 Å². The Bertz CT molecular complexity index is 1350. The topological polar surface area (TPSA) is 31.6 Å². The van der Waals surface area contributed by atoms with Crippen LogP contribution < -0.4 is 18.8 Å². The largest absolute Gasteiger partial charge is 0.573 e. The van der Waals surface area contributed by atoms with Crippen LogP contribution in [0.15, 0.2) is 48.5 Å². The molecule has 0 fully saturated rings. The Morgan fingerprint density at radius 3 is 2.50 bits per heavy atom. The average Bonchev–Trinajstić information content (AvgIpc) is 2.69. The van der Waals surface area contributed by atoms with Gasteiger partial charge in [-0.1, -0.05) is 12.1 Å². The summed E-state index contributed by atoms with van der Waals surface area (Å²) in [6.07, 6.45) is -4.82. The molecular weight excluding hydrogens is 402 g/mol. The number of pyridine rings is 1. The van der Waals surface area contributed by atoms with Crippen LogP contribution in [0.2, 0.25) is 0 Å². The van der Waals surface area contributed by atoms with Gasteiger partial charge in [0.15, 0.2) is 5.75 Å². The lowest BCUT2D eigenvalue weighted by molar-refractivity contribution is -0.633. The first-order valence-corrected chi connectivity index (χ1v) is 8.97. The number of hydrogen-bond donors (Lipinski definition) is 0. The molecule has 0 saturated heterocycles. The highest BCUT2D eigenvalue weighted by atomic mass is 19.4. The summed E-state index contributed by atoms with van der Waals surface area (Å²) >= 11 is 0. The van der Waals surface area contributed by atoms with E-state index >= 15 is 4.39 Å². The highest BCUT2D eigenvalue weighted by molar-refractivity contribution is 6.12. The zero-order chi connectivity index (χ0) is 21.2. The minimum absolute atomic E-state index is 0.0991. The number of benzene rings is 3. The van der Waals surface area contributed by atoms with Crippen molar-refractivity contribution < 1.29 is 36.3 Å². The van der Waals surface area contributed by atoms with E-state index in [-0.39, 0.29) is 11.5 Å². The molecular formula is C22H14F4NO3+. The standard InChI is InChI=1S/C22H14F4NO3/c1-27-20-14-7-6-11(30-22(24,25)26)10-17(14)29-15-5-3-4-12(18(15)20)13-8-9-16(28-2)19(23)21(13)27/h3-10H,1-2H3/q+1. The van der Waals surface area contributed by atoms with Crippen molar-refractivity contribution >= 4 is 21.7 Å². The van der Waals surface area contributed by atoms with Crippen LogP contribution in [0.25, 0.3) is 32.9 Å². The lowest BCUT2D eigenvalue weighted by atomic mass is 9.96. The second-order valence-corrected chi connectivity index (χ2v) is 6.87. The van der Waals surface area contributed by atoms with Crippen molar-refractivity contribution in [2.75, 3.05) is 7.11 Å². The summed E-state index contributed by atoms with van der Waals surface area (Å²) in [6.45, 7) is 0. The molecule has 152 valence electrons. The van der Waals surface area contributed by atoms with Crippen LogP contribution in [0.4, 0.5) is 17.6 Å². The lowest BCUT2D eigenvalue weighted by Crippen LogP contribution is -2.34. The van der Waals surface area contributed by atoms with E-state index < -0.39 is 17.9 Å². The molecule has 5 rings (SSSR count). The molecule has 0 amide bonds. The summed E-state index contributed by atoms with van der Waals surface area (Å²) in [7, 11) is 3.09. The molecule has 0 aliphatic carbocycles. The lowest BCUT2D eigenvalue weighted by Gasteiger charge is -2.21. The molecule has 2 heterocycles. The first kappa shape index (κ1) is 18.5. The Hall–Kier alpha value is -3.55. The van der Waals surface area contributed by atoms with Gasteiger partial charge >= 0.3 is 6.36 Å². The predicted molar refractivity (Wildman–Crippen MR) is 101 cm³/mol. The Morgan fingerprint density at radius 2 is 1.77 bits per heavy atom. The van der Waals surface area contributed by atoms with Crippen LogP contribution in [0, 0.1) is 5.82 Å². The van der Waals surface area contributed by atoms with Crippen LogP contribution in [0.1, 0.15) is 0 Å². The van der Waals surface area contributed by atoms with Crippen molar-refractivity contribution in [3.63, 3.8) is 0 Å². The Morgan fingerprint density at radius 1 is 0.967 bits per heavy atom. The molecule has 0 unspecified atom stereocenters. The van der Waals surface area contributed by atoms with Gasteiger partial charge in [-0.15, -0.1) is 13.2 Å². The number of methoxy groups -OCH3 is 1. The number of alkyl halides is 3. The summed E-state index contributed by atoms with van der Waals surface area (Å²) < 4.78 is 69.8. The minimum atomic E-state index is -4.82. The summed E-state index contributed by atoms with van der Waals surface area (Å²) in [5.74, 6) is -0.163. The summed E-state index contributed by atoms with van der Waals surface area (Å²) in [6, 6.07) is 12.5. The number of nitrogens with zero attached hydrogens (tertiary/aromatic N) is 1. The Labute approximate surface area is 167 Å². The third kappa shape index (κ3) is 2.63. The highest BCUT2D eigenvalue weighted by Crippen LogP contribution is 2.48. The third-order valence-electron chi connectivity index (χ3n) is 5.19. The molecule has 3 aromatic carbocycles. The van der Waals surface area contributed by atoms with Gasteiger partial charge in [-0.3, -0.25) is 0 Å². The van der Waals surface area contributed by atoms with E-state index in [1.807, 2.05) is 6.07 Å². The van der Waals surface area contributed by atoms with Gasteiger partial charge in [0.2, 0.25) is 11.5 Å². The molecule has 30 heavy (non-hydrogen) atoms. The maximum absolute atomic E-state index is 15.2. The number of aromatic nitrogens is 1. The fraction of sp³-hybridized carbons (Fsp3) is 0.136. The number of fused-ring (bicyclic) bond motifs is 4. The van der Waals surface area contributed by atoms with Crippen molar-refractivity contribution in [3.05, 3.63) is 54.3 Å². The second kappa shape index (κ2) is 6.22. The molecule has 4 aromatic rings. The molecule has 0 N–H and O–H groups in total. The zero-order valence-electron chi connectivity index (χ0n) is 15.8. The predicted octanol–water partition coefficient (Wildman–Crippen LogP) is 5.64. The number of halogens is 4. The minimum Gasteiger partial charge on any atom is -0.493 e. The van der Waals surface area contributed by atoms with E-state index in [1.54, 1.807) is 35.9 Å². The SMILES string of the molecule is COc1ccc2c3cccc4c3c([n+](C)c2c1F)-c1ccc(OC(F)(F)F)cc1O4. The molecule has 0 radical (unpaired) electrons. The van der Waals surface area contributed by atoms with Crippen molar-refractivity contribution in [2.45, 2.75) is 6.36 Å². The maximum Gasteiger partial charge on any atom is 0.573 e. The molecule has 0 bridgehead atoms. The van der Waals surface area contributed by atoms with Crippen LogP contribution in [0.3, 0.4) is 0 Å². The smallest absolute Gasteiger partial charge is 0.493 e. The van der Waals surface area contributed by atoms with Gasteiger partial charge in [-0.2, -0.15) is 8.96 Å². The fourth-order valence-electron chi connectivity index (χ4n) is 4.03. The number of hydrogen-bond acceptors (Lipinski definition) is 3. The van der Waals surface area contributed by atoms with Gasteiger partial charge in [0.1, 0.15) is 24.3 Å².